The Bertz CT molecular complexity index is 597. The molecule has 0 amide bonds. The molecule has 0 spiro atoms. The van der Waals surface area contributed by atoms with Gasteiger partial charge in [-0.15, -0.1) is 0 Å². The summed E-state index contributed by atoms with van der Waals surface area (Å²) in [5.74, 6) is 1.33. The number of hydrogen-bond acceptors (Lipinski definition) is 7. The molecule has 1 aromatic heterocycles. The molecule has 2 heterocycles. The molecular weight excluding hydrogens is 286 g/mol. The Hall–Kier alpha value is -2.12. The van der Waals surface area contributed by atoms with E-state index in [2.05, 4.69) is 10.1 Å². The fourth-order valence-electron chi connectivity index (χ4n) is 2.41. The average molecular weight is 305 g/mol. The predicted octanol–water partition coefficient (Wildman–Crippen LogP) is 1.33. The molecule has 0 saturated carbocycles. The number of ether oxygens (including phenoxy) is 2. The normalized spacial score (nSPS) is 18.5. The monoisotopic (exact) mass is 305 g/mol. The van der Waals surface area contributed by atoms with Crippen molar-refractivity contribution in [3.8, 4) is 17.1 Å². The molecule has 1 unspecified atom stereocenters. The molecule has 7 heteroatoms. The van der Waals surface area contributed by atoms with E-state index < -0.39 is 0 Å². The van der Waals surface area contributed by atoms with E-state index in [0.29, 0.717) is 38.0 Å². The van der Waals surface area contributed by atoms with E-state index in [4.69, 9.17) is 19.1 Å². The van der Waals surface area contributed by atoms with Crippen LogP contribution in [0.15, 0.2) is 28.8 Å². The highest BCUT2D eigenvalue weighted by Crippen LogP contribution is 2.23. The minimum absolute atomic E-state index is 0.00455. The zero-order chi connectivity index (χ0) is 15.4. The largest absolute Gasteiger partial charge is 0.497 e. The first-order valence-electron chi connectivity index (χ1n) is 7.25. The third-order valence-corrected chi connectivity index (χ3v) is 3.62. The third kappa shape index (κ3) is 3.20. The van der Waals surface area contributed by atoms with Crippen LogP contribution in [0.2, 0.25) is 0 Å². The minimum atomic E-state index is -0.00455. The molecule has 1 N–H and O–H groups in total. The molecule has 1 atom stereocenters. The van der Waals surface area contributed by atoms with Gasteiger partial charge in [-0.25, -0.2) is 0 Å². The van der Waals surface area contributed by atoms with Crippen LogP contribution >= 0.6 is 0 Å². The van der Waals surface area contributed by atoms with Gasteiger partial charge in [0.25, 0.3) is 0 Å². The SMILES string of the molecule is COc1ccc(-c2noc(N3CCOC(CCO)C3)n2)cc1. The van der Waals surface area contributed by atoms with E-state index in [-0.39, 0.29) is 12.7 Å². The Labute approximate surface area is 128 Å². The quantitative estimate of drug-likeness (QED) is 0.892. The lowest BCUT2D eigenvalue weighted by atomic mass is 10.2. The lowest BCUT2D eigenvalue weighted by Gasteiger charge is -2.31. The molecule has 1 aliphatic rings. The van der Waals surface area contributed by atoms with E-state index in [1.807, 2.05) is 29.2 Å². The van der Waals surface area contributed by atoms with Crippen molar-refractivity contribution in [2.24, 2.45) is 0 Å². The van der Waals surface area contributed by atoms with Crippen LogP contribution in [0.5, 0.6) is 5.75 Å². The highest BCUT2D eigenvalue weighted by atomic mass is 16.5. The van der Waals surface area contributed by atoms with Gasteiger partial charge in [0.2, 0.25) is 5.82 Å². The maximum absolute atomic E-state index is 9.01. The van der Waals surface area contributed by atoms with Crippen LogP contribution in [0.25, 0.3) is 11.4 Å². The van der Waals surface area contributed by atoms with Gasteiger partial charge in [-0.2, -0.15) is 4.98 Å². The van der Waals surface area contributed by atoms with Crippen molar-refractivity contribution in [3.63, 3.8) is 0 Å². The number of benzene rings is 1. The zero-order valence-electron chi connectivity index (χ0n) is 12.4. The lowest BCUT2D eigenvalue weighted by molar-refractivity contribution is 0.0229. The van der Waals surface area contributed by atoms with Gasteiger partial charge >= 0.3 is 6.01 Å². The predicted molar refractivity (Wildman–Crippen MR) is 79.9 cm³/mol. The Kier molecular flexibility index (Phi) is 4.55. The minimum Gasteiger partial charge on any atom is -0.497 e. The maximum Gasteiger partial charge on any atom is 0.324 e. The summed E-state index contributed by atoms with van der Waals surface area (Å²) in [7, 11) is 1.63. The van der Waals surface area contributed by atoms with E-state index >= 15 is 0 Å². The molecule has 22 heavy (non-hydrogen) atoms. The van der Waals surface area contributed by atoms with Crippen molar-refractivity contribution in [1.82, 2.24) is 10.1 Å². The Morgan fingerprint density at radius 3 is 2.91 bits per heavy atom. The number of aliphatic hydroxyl groups is 1. The molecule has 2 aromatic rings. The van der Waals surface area contributed by atoms with Crippen molar-refractivity contribution in [2.75, 3.05) is 38.3 Å². The van der Waals surface area contributed by atoms with E-state index in [0.717, 1.165) is 11.3 Å². The second kappa shape index (κ2) is 6.76. The number of nitrogens with zero attached hydrogens (tertiary/aromatic N) is 3. The second-order valence-electron chi connectivity index (χ2n) is 5.08. The molecule has 0 bridgehead atoms. The smallest absolute Gasteiger partial charge is 0.324 e. The molecular formula is C15H19N3O4. The topological polar surface area (TPSA) is 80.9 Å². The lowest BCUT2D eigenvalue weighted by Crippen LogP contribution is -2.43. The summed E-state index contributed by atoms with van der Waals surface area (Å²) in [6.07, 6.45) is 0.603. The van der Waals surface area contributed by atoms with E-state index in [1.54, 1.807) is 7.11 Å². The fraction of sp³-hybridized carbons (Fsp3) is 0.467. The van der Waals surface area contributed by atoms with Crippen LogP contribution in [-0.4, -0.2) is 54.8 Å². The van der Waals surface area contributed by atoms with Gasteiger partial charge in [0, 0.05) is 25.3 Å². The van der Waals surface area contributed by atoms with E-state index in [1.165, 1.54) is 0 Å². The first-order valence-corrected chi connectivity index (χ1v) is 7.25. The molecule has 0 aliphatic carbocycles. The van der Waals surface area contributed by atoms with Gasteiger partial charge in [0.15, 0.2) is 0 Å². The first kappa shape index (κ1) is 14.8. The summed E-state index contributed by atoms with van der Waals surface area (Å²) in [4.78, 5) is 6.43. The number of aliphatic hydroxyl groups excluding tert-OH is 1. The van der Waals surface area contributed by atoms with Crippen molar-refractivity contribution >= 4 is 6.01 Å². The van der Waals surface area contributed by atoms with Gasteiger partial charge in [-0.1, -0.05) is 5.16 Å². The van der Waals surface area contributed by atoms with Gasteiger partial charge in [-0.05, 0) is 30.7 Å². The molecule has 1 aromatic carbocycles. The maximum atomic E-state index is 9.01. The average Bonchev–Trinajstić information content (AvgIpc) is 3.06. The molecule has 1 saturated heterocycles. The summed E-state index contributed by atoms with van der Waals surface area (Å²) in [6, 6.07) is 7.98. The summed E-state index contributed by atoms with van der Waals surface area (Å²) < 4.78 is 16.1. The highest BCUT2D eigenvalue weighted by molar-refractivity contribution is 5.56. The van der Waals surface area contributed by atoms with Gasteiger partial charge in [0.05, 0.1) is 19.8 Å². The van der Waals surface area contributed by atoms with Crippen LogP contribution < -0.4 is 9.64 Å². The van der Waals surface area contributed by atoms with Crippen molar-refractivity contribution in [3.05, 3.63) is 24.3 Å². The summed E-state index contributed by atoms with van der Waals surface area (Å²) in [5, 5.41) is 13.0. The number of methoxy groups -OCH3 is 1. The molecule has 1 fully saturated rings. The molecule has 0 radical (unpaired) electrons. The number of anilines is 1. The Morgan fingerprint density at radius 1 is 1.36 bits per heavy atom. The first-order chi connectivity index (χ1) is 10.8. The van der Waals surface area contributed by atoms with Gasteiger partial charge in [0.1, 0.15) is 5.75 Å². The number of rotatable bonds is 5. The third-order valence-electron chi connectivity index (χ3n) is 3.62. The summed E-state index contributed by atoms with van der Waals surface area (Å²) in [6.45, 7) is 2.04. The molecule has 3 rings (SSSR count). The van der Waals surface area contributed by atoms with Crippen LogP contribution in [0.3, 0.4) is 0 Å². The van der Waals surface area contributed by atoms with Gasteiger partial charge < -0.3 is 24.0 Å². The second-order valence-corrected chi connectivity index (χ2v) is 5.08. The van der Waals surface area contributed by atoms with E-state index in [9.17, 15) is 0 Å². The van der Waals surface area contributed by atoms with Crippen LogP contribution in [0, 0.1) is 0 Å². The summed E-state index contributed by atoms with van der Waals surface area (Å²) in [5.41, 5.74) is 0.871. The van der Waals surface area contributed by atoms with Crippen molar-refractivity contribution in [2.45, 2.75) is 12.5 Å². The zero-order valence-corrected chi connectivity index (χ0v) is 12.4. The number of aromatic nitrogens is 2. The van der Waals surface area contributed by atoms with Crippen LogP contribution in [-0.2, 0) is 4.74 Å². The summed E-state index contributed by atoms with van der Waals surface area (Å²) >= 11 is 0. The standard InChI is InChI=1S/C15H19N3O4/c1-20-12-4-2-11(3-5-12)14-16-15(22-17-14)18-7-9-21-13(10-18)6-8-19/h2-5,13,19H,6-10H2,1H3. The number of hydrogen-bond donors (Lipinski definition) is 1. The highest BCUT2D eigenvalue weighted by Gasteiger charge is 2.24. The molecule has 1 aliphatic heterocycles. The van der Waals surface area contributed by atoms with Crippen LogP contribution in [0.4, 0.5) is 6.01 Å². The van der Waals surface area contributed by atoms with Crippen molar-refractivity contribution in [1.29, 1.82) is 0 Å². The Balaban J connectivity index is 1.72. The number of morpholine rings is 1. The Morgan fingerprint density at radius 2 is 2.18 bits per heavy atom. The molecule has 118 valence electrons. The van der Waals surface area contributed by atoms with Crippen LogP contribution in [0.1, 0.15) is 6.42 Å². The fourth-order valence-corrected chi connectivity index (χ4v) is 2.41. The van der Waals surface area contributed by atoms with Gasteiger partial charge in [-0.3, -0.25) is 0 Å². The van der Waals surface area contributed by atoms with Crippen molar-refractivity contribution < 1.29 is 19.1 Å². The molecule has 7 nitrogen and oxygen atoms in total.